The van der Waals surface area contributed by atoms with E-state index >= 15 is 0 Å². The van der Waals surface area contributed by atoms with E-state index < -0.39 is 17.7 Å². The number of nitrogens with one attached hydrogen (secondary N) is 1. The number of hydrogen-bond donors (Lipinski definition) is 3. The van der Waals surface area contributed by atoms with E-state index in [1.165, 1.54) is 7.05 Å². The predicted molar refractivity (Wildman–Crippen MR) is 61.4 cm³/mol. The fourth-order valence-corrected chi connectivity index (χ4v) is 1.15. The van der Waals surface area contributed by atoms with Crippen molar-refractivity contribution in [2.24, 2.45) is 10.9 Å². The van der Waals surface area contributed by atoms with Gasteiger partial charge in [-0.15, -0.1) is 0 Å². The molecule has 18 heavy (non-hydrogen) atoms. The molecule has 0 spiro atoms. The molecule has 0 saturated carbocycles. The van der Waals surface area contributed by atoms with E-state index in [-0.39, 0.29) is 18.1 Å². The number of nitrogens with zero attached hydrogens (tertiary/aromatic N) is 2. The first-order valence-electron chi connectivity index (χ1n) is 4.87. The van der Waals surface area contributed by atoms with Crippen LogP contribution in [0, 0.1) is 11.6 Å². The Morgan fingerprint density at radius 1 is 1.56 bits per heavy atom. The molecule has 0 heterocycles. The van der Waals surface area contributed by atoms with E-state index in [1.54, 1.807) is 0 Å². The number of anilines is 1. The summed E-state index contributed by atoms with van der Waals surface area (Å²) in [7, 11) is 1.37. The number of amidine groups is 1. The molecule has 1 aromatic carbocycles. The van der Waals surface area contributed by atoms with Crippen molar-refractivity contribution in [1.29, 1.82) is 0 Å². The number of halogens is 2. The summed E-state index contributed by atoms with van der Waals surface area (Å²) >= 11 is 0. The summed E-state index contributed by atoms with van der Waals surface area (Å²) in [5.74, 6) is -1.80. The first-order chi connectivity index (χ1) is 8.43. The maximum absolute atomic E-state index is 13.2. The van der Waals surface area contributed by atoms with Crippen molar-refractivity contribution in [3.05, 3.63) is 29.8 Å². The number of amides is 2. The highest BCUT2D eigenvalue weighted by atomic mass is 19.1. The fourth-order valence-electron chi connectivity index (χ4n) is 1.15. The second-order valence-corrected chi connectivity index (χ2v) is 3.50. The van der Waals surface area contributed by atoms with E-state index in [0.717, 1.165) is 17.0 Å². The van der Waals surface area contributed by atoms with Gasteiger partial charge in [-0.3, -0.25) is 0 Å². The maximum atomic E-state index is 13.2. The summed E-state index contributed by atoms with van der Waals surface area (Å²) in [5.41, 5.74) is 5.05. The average Bonchev–Trinajstić information content (AvgIpc) is 2.32. The third-order valence-corrected chi connectivity index (χ3v) is 2.05. The Hall–Kier alpha value is -2.38. The minimum absolute atomic E-state index is 0.134. The first-order valence-corrected chi connectivity index (χ1v) is 4.87. The molecule has 1 rings (SSSR count). The van der Waals surface area contributed by atoms with Gasteiger partial charge in [0.1, 0.15) is 11.6 Å². The molecule has 0 saturated heterocycles. The van der Waals surface area contributed by atoms with Crippen LogP contribution in [-0.4, -0.2) is 35.6 Å². The Morgan fingerprint density at radius 3 is 2.78 bits per heavy atom. The highest BCUT2D eigenvalue weighted by molar-refractivity contribution is 5.93. The molecule has 0 aromatic heterocycles. The van der Waals surface area contributed by atoms with Crippen molar-refractivity contribution >= 4 is 17.6 Å². The Kier molecular flexibility index (Phi) is 4.41. The summed E-state index contributed by atoms with van der Waals surface area (Å²) in [5, 5.41) is 13.2. The average molecular weight is 258 g/mol. The Bertz CT molecular complexity index is 479. The number of carbonyl (C=O) groups excluding carboxylic acids is 1. The Morgan fingerprint density at radius 2 is 2.22 bits per heavy atom. The summed E-state index contributed by atoms with van der Waals surface area (Å²) in [6.07, 6.45) is 0. The molecular formula is C10H12F2N4O2. The number of likely N-dealkylation sites (N-methyl/N-ethyl adjacent to an activating group) is 1. The number of hydrogen-bond acceptors (Lipinski definition) is 3. The molecule has 0 atom stereocenters. The number of nitrogens with two attached hydrogens (primary N) is 1. The van der Waals surface area contributed by atoms with Crippen LogP contribution < -0.4 is 11.1 Å². The van der Waals surface area contributed by atoms with Gasteiger partial charge >= 0.3 is 6.03 Å². The van der Waals surface area contributed by atoms with E-state index in [4.69, 9.17) is 10.9 Å². The van der Waals surface area contributed by atoms with Crippen LogP contribution in [0.1, 0.15) is 0 Å². The lowest BCUT2D eigenvalue weighted by Crippen LogP contribution is -2.38. The predicted octanol–water partition coefficient (Wildman–Crippen LogP) is 1.17. The summed E-state index contributed by atoms with van der Waals surface area (Å²) in [6.45, 7) is -0.134. The highest BCUT2D eigenvalue weighted by Gasteiger charge is 2.13. The van der Waals surface area contributed by atoms with Crippen molar-refractivity contribution < 1.29 is 18.8 Å². The number of urea groups is 1. The largest absolute Gasteiger partial charge is 0.409 e. The molecule has 0 aliphatic rings. The summed E-state index contributed by atoms with van der Waals surface area (Å²) < 4.78 is 25.9. The molecule has 0 radical (unpaired) electrons. The van der Waals surface area contributed by atoms with E-state index in [2.05, 4.69) is 10.5 Å². The quantitative estimate of drug-likeness (QED) is 0.329. The molecule has 0 fully saturated rings. The van der Waals surface area contributed by atoms with Gasteiger partial charge in [0, 0.05) is 13.1 Å². The monoisotopic (exact) mass is 258 g/mol. The maximum Gasteiger partial charge on any atom is 0.322 e. The smallest absolute Gasteiger partial charge is 0.322 e. The Balaban J connectivity index is 2.69. The number of benzene rings is 1. The van der Waals surface area contributed by atoms with Gasteiger partial charge in [-0.25, -0.2) is 13.6 Å². The zero-order chi connectivity index (χ0) is 13.7. The van der Waals surface area contributed by atoms with E-state index in [0.29, 0.717) is 6.07 Å². The minimum atomic E-state index is -0.888. The second-order valence-electron chi connectivity index (χ2n) is 3.50. The molecule has 98 valence electrons. The zero-order valence-electron chi connectivity index (χ0n) is 9.52. The fraction of sp³-hybridized carbons (Fsp3) is 0.200. The second kappa shape index (κ2) is 5.80. The van der Waals surface area contributed by atoms with Crippen LogP contribution in [0.3, 0.4) is 0 Å². The van der Waals surface area contributed by atoms with Gasteiger partial charge in [-0.2, -0.15) is 0 Å². The van der Waals surface area contributed by atoms with Crippen LogP contribution in [-0.2, 0) is 0 Å². The van der Waals surface area contributed by atoms with Crippen LogP contribution in [0.2, 0.25) is 0 Å². The molecular weight excluding hydrogens is 246 g/mol. The van der Waals surface area contributed by atoms with Gasteiger partial charge in [0.15, 0.2) is 5.84 Å². The SMILES string of the molecule is CN(CC(N)=NO)C(=O)Nc1ccc(F)cc1F. The lowest BCUT2D eigenvalue weighted by atomic mass is 10.3. The van der Waals surface area contributed by atoms with Crippen LogP contribution in [0.5, 0.6) is 0 Å². The van der Waals surface area contributed by atoms with Gasteiger partial charge in [-0.1, -0.05) is 5.16 Å². The standard InChI is InChI=1S/C10H12F2N4O2/c1-16(5-9(13)15-18)10(17)14-8-3-2-6(11)4-7(8)12/h2-4,18H,5H2,1H3,(H2,13,15)(H,14,17). The zero-order valence-corrected chi connectivity index (χ0v) is 9.52. The number of carbonyl (C=O) groups is 1. The number of rotatable bonds is 3. The van der Waals surface area contributed by atoms with Gasteiger partial charge in [0.2, 0.25) is 0 Å². The third kappa shape index (κ3) is 3.58. The molecule has 4 N–H and O–H groups in total. The van der Waals surface area contributed by atoms with Gasteiger partial charge < -0.3 is 21.2 Å². The van der Waals surface area contributed by atoms with E-state index in [1.807, 2.05) is 0 Å². The van der Waals surface area contributed by atoms with Crippen LogP contribution in [0.4, 0.5) is 19.3 Å². The van der Waals surface area contributed by atoms with E-state index in [9.17, 15) is 13.6 Å². The Labute approximate surface area is 102 Å². The highest BCUT2D eigenvalue weighted by Crippen LogP contribution is 2.15. The molecule has 0 aliphatic carbocycles. The molecule has 0 bridgehead atoms. The van der Waals surface area contributed by atoms with Gasteiger partial charge in [0.25, 0.3) is 0 Å². The summed E-state index contributed by atoms with van der Waals surface area (Å²) in [4.78, 5) is 12.6. The normalized spacial score (nSPS) is 11.2. The van der Waals surface area contributed by atoms with Crippen LogP contribution in [0.25, 0.3) is 0 Å². The first kappa shape index (κ1) is 13.7. The van der Waals surface area contributed by atoms with Crippen LogP contribution >= 0.6 is 0 Å². The molecule has 0 unspecified atom stereocenters. The van der Waals surface area contributed by atoms with Crippen molar-refractivity contribution in [1.82, 2.24) is 4.90 Å². The lowest BCUT2D eigenvalue weighted by Gasteiger charge is -2.17. The van der Waals surface area contributed by atoms with Crippen molar-refractivity contribution in [3.63, 3.8) is 0 Å². The number of oxime groups is 1. The van der Waals surface area contributed by atoms with Gasteiger partial charge in [0.05, 0.1) is 12.2 Å². The summed E-state index contributed by atoms with van der Waals surface area (Å²) in [6, 6.07) is 2.09. The lowest BCUT2D eigenvalue weighted by molar-refractivity contribution is 0.227. The molecule has 1 aromatic rings. The van der Waals surface area contributed by atoms with Gasteiger partial charge in [-0.05, 0) is 12.1 Å². The van der Waals surface area contributed by atoms with Crippen molar-refractivity contribution in [2.75, 3.05) is 18.9 Å². The molecule has 0 aliphatic heterocycles. The molecule has 2 amide bonds. The topological polar surface area (TPSA) is 90.9 Å². The molecule has 8 heteroatoms. The minimum Gasteiger partial charge on any atom is -0.409 e. The van der Waals surface area contributed by atoms with Crippen LogP contribution in [0.15, 0.2) is 23.4 Å². The third-order valence-electron chi connectivity index (χ3n) is 2.05. The van der Waals surface area contributed by atoms with Crippen molar-refractivity contribution in [2.45, 2.75) is 0 Å². The van der Waals surface area contributed by atoms with Crippen molar-refractivity contribution in [3.8, 4) is 0 Å². The molecule has 6 nitrogen and oxygen atoms in total.